The Bertz CT molecular complexity index is 570. The van der Waals surface area contributed by atoms with Gasteiger partial charge < -0.3 is 5.11 Å². The Morgan fingerprint density at radius 1 is 1.28 bits per heavy atom. The minimum atomic E-state index is -0.271. The molecule has 1 aromatic heterocycles. The maximum absolute atomic E-state index is 10.5. The predicted molar refractivity (Wildman–Crippen MR) is 70.3 cm³/mol. The second-order valence-electron chi connectivity index (χ2n) is 3.55. The van der Waals surface area contributed by atoms with Crippen LogP contribution in [-0.2, 0) is 0 Å². The third-order valence-corrected chi connectivity index (χ3v) is 2.35. The number of aryl methyl sites for hydroxylation is 1. The number of aromatic hydroxyl groups is 1. The van der Waals surface area contributed by atoms with Crippen LogP contribution < -0.4 is 5.56 Å². The van der Waals surface area contributed by atoms with E-state index in [0.717, 1.165) is 11.8 Å². The van der Waals surface area contributed by atoms with E-state index in [1.165, 1.54) is 12.1 Å². The Morgan fingerprint density at radius 3 is 2.39 bits per heavy atom. The minimum absolute atomic E-state index is 0.0833. The van der Waals surface area contributed by atoms with Crippen molar-refractivity contribution in [2.75, 3.05) is 0 Å². The van der Waals surface area contributed by atoms with Crippen LogP contribution in [-0.4, -0.2) is 16.4 Å². The average Bonchev–Trinajstić information content (AvgIpc) is 2.28. The fourth-order valence-corrected chi connectivity index (χ4v) is 1.41. The molecule has 1 aromatic carbocycles. The highest BCUT2D eigenvalue weighted by molar-refractivity contribution is 6.32. The van der Waals surface area contributed by atoms with Crippen molar-refractivity contribution >= 4 is 17.9 Å². The van der Waals surface area contributed by atoms with Crippen LogP contribution >= 0.6 is 11.6 Å². The van der Waals surface area contributed by atoms with Crippen LogP contribution in [0.5, 0.6) is 5.88 Å². The molecule has 94 valence electrons. The van der Waals surface area contributed by atoms with Gasteiger partial charge in [0.2, 0.25) is 0 Å². The van der Waals surface area contributed by atoms with Crippen molar-refractivity contribution in [2.24, 2.45) is 0 Å². The maximum Gasteiger partial charge on any atom is 0.250 e. The summed E-state index contributed by atoms with van der Waals surface area (Å²) in [6.45, 7) is 1.74. The van der Waals surface area contributed by atoms with E-state index in [9.17, 15) is 9.59 Å². The molecule has 0 saturated heterocycles. The molecular formula is C13H12ClNO3. The highest BCUT2D eigenvalue weighted by Crippen LogP contribution is 2.11. The van der Waals surface area contributed by atoms with E-state index in [4.69, 9.17) is 16.7 Å². The lowest BCUT2D eigenvalue weighted by atomic mass is 10.2. The number of nitrogens with one attached hydrogen (secondary N) is 1. The van der Waals surface area contributed by atoms with Crippen LogP contribution in [0.25, 0.3) is 0 Å². The van der Waals surface area contributed by atoms with Gasteiger partial charge in [0.05, 0.1) is 5.02 Å². The predicted octanol–water partition coefficient (Wildman–Crippen LogP) is 2.54. The summed E-state index contributed by atoms with van der Waals surface area (Å²) >= 11 is 5.59. The largest absolute Gasteiger partial charge is 0.495 e. The summed E-state index contributed by atoms with van der Waals surface area (Å²) in [5.74, 6) is -0.0833. The number of carbonyl (C=O) groups is 1. The van der Waals surface area contributed by atoms with Crippen molar-refractivity contribution < 1.29 is 9.90 Å². The Morgan fingerprint density at radius 2 is 1.94 bits per heavy atom. The van der Waals surface area contributed by atoms with Crippen LogP contribution in [0.4, 0.5) is 0 Å². The molecule has 0 radical (unpaired) electrons. The van der Waals surface area contributed by atoms with Crippen molar-refractivity contribution in [3.05, 3.63) is 62.9 Å². The lowest BCUT2D eigenvalue weighted by Gasteiger charge is -1.90. The molecule has 0 saturated carbocycles. The van der Waals surface area contributed by atoms with Gasteiger partial charge in [0, 0.05) is 17.7 Å². The van der Waals surface area contributed by atoms with E-state index in [1.807, 2.05) is 0 Å². The molecule has 0 unspecified atom stereocenters. The van der Waals surface area contributed by atoms with Crippen LogP contribution in [0.3, 0.4) is 0 Å². The second kappa shape index (κ2) is 6.61. The summed E-state index contributed by atoms with van der Waals surface area (Å²) in [7, 11) is 0. The van der Waals surface area contributed by atoms with E-state index in [1.54, 1.807) is 31.2 Å². The number of hydrogen-bond acceptors (Lipinski definition) is 3. The number of hydrogen-bond donors (Lipinski definition) is 2. The van der Waals surface area contributed by atoms with E-state index < -0.39 is 0 Å². The zero-order valence-electron chi connectivity index (χ0n) is 9.68. The van der Waals surface area contributed by atoms with Crippen molar-refractivity contribution in [2.45, 2.75) is 6.92 Å². The first-order chi connectivity index (χ1) is 8.52. The highest BCUT2D eigenvalue weighted by atomic mass is 35.5. The number of aldehydes is 1. The van der Waals surface area contributed by atoms with E-state index in [-0.39, 0.29) is 11.4 Å². The lowest BCUT2D eigenvalue weighted by molar-refractivity contribution is 0.112. The minimum Gasteiger partial charge on any atom is -0.495 e. The van der Waals surface area contributed by atoms with Crippen molar-refractivity contribution in [3.63, 3.8) is 0 Å². The van der Waals surface area contributed by atoms with Gasteiger partial charge in [-0.15, -0.1) is 0 Å². The Hall–Kier alpha value is -2.07. The van der Waals surface area contributed by atoms with Crippen LogP contribution in [0.15, 0.2) is 41.2 Å². The number of carbonyl (C=O) groups excluding carboxylic acids is 1. The SMILES string of the molecule is Cc1cc(O)[nH]c(=O)c1.O=Cc1ccccc1Cl. The van der Waals surface area contributed by atoms with Gasteiger partial charge in [-0.05, 0) is 18.6 Å². The molecule has 0 aliphatic carbocycles. The van der Waals surface area contributed by atoms with Gasteiger partial charge in [0.1, 0.15) is 0 Å². The third-order valence-electron chi connectivity index (χ3n) is 2.01. The number of halogens is 1. The molecule has 4 nitrogen and oxygen atoms in total. The monoisotopic (exact) mass is 265 g/mol. The summed E-state index contributed by atoms with van der Waals surface area (Å²) in [6, 6.07) is 9.83. The normalized spacial score (nSPS) is 9.22. The van der Waals surface area contributed by atoms with E-state index in [0.29, 0.717) is 10.6 Å². The molecule has 0 bridgehead atoms. The quantitative estimate of drug-likeness (QED) is 0.779. The fraction of sp³-hybridized carbons (Fsp3) is 0.0769. The highest BCUT2D eigenvalue weighted by Gasteiger charge is 1.92. The molecule has 2 rings (SSSR count). The molecule has 0 amide bonds. The van der Waals surface area contributed by atoms with Gasteiger partial charge in [-0.1, -0.05) is 29.8 Å². The Kier molecular flexibility index (Phi) is 5.14. The summed E-state index contributed by atoms with van der Waals surface area (Å²) in [4.78, 5) is 22.8. The molecule has 0 aliphatic rings. The zero-order chi connectivity index (χ0) is 13.5. The number of rotatable bonds is 1. The van der Waals surface area contributed by atoms with E-state index >= 15 is 0 Å². The third kappa shape index (κ3) is 4.43. The van der Waals surface area contributed by atoms with Gasteiger partial charge in [0.15, 0.2) is 12.2 Å². The van der Waals surface area contributed by atoms with Crippen LogP contribution in [0.2, 0.25) is 5.02 Å². The first-order valence-electron chi connectivity index (χ1n) is 5.12. The van der Waals surface area contributed by atoms with Gasteiger partial charge >= 0.3 is 0 Å². The molecule has 0 aliphatic heterocycles. The lowest BCUT2D eigenvalue weighted by Crippen LogP contribution is -2.02. The molecule has 1 heterocycles. The van der Waals surface area contributed by atoms with Gasteiger partial charge in [-0.2, -0.15) is 0 Å². The van der Waals surface area contributed by atoms with Crippen LogP contribution in [0, 0.1) is 6.92 Å². The summed E-state index contributed by atoms with van der Waals surface area (Å²) in [6.07, 6.45) is 0.738. The van der Waals surface area contributed by atoms with Gasteiger partial charge in [-0.25, -0.2) is 0 Å². The number of benzene rings is 1. The number of H-pyrrole nitrogens is 1. The van der Waals surface area contributed by atoms with Gasteiger partial charge in [0.25, 0.3) is 5.56 Å². The summed E-state index contributed by atoms with van der Waals surface area (Å²) < 4.78 is 0. The molecular weight excluding hydrogens is 254 g/mol. The molecule has 5 heteroatoms. The average molecular weight is 266 g/mol. The van der Waals surface area contributed by atoms with Gasteiger partial charge in [-0.3, -0.25) is 14.6 Å². The fourth-order valence-electron chi connectivity index (χ4n) is 1.23. The second-order valence-corrected chi connectivity index (χ2v) is 3.95. The molecule has 0 spiro atoms. The first kappa shape index (κ1) is 14.0. The van der Waals surface area contributed by atoms with Crippen molar-refractivity contribution in [1.29, 1.82) is 0 Å². The standard InChI is InChI=1S/C7H5ClO.C6H7NO2/c8-7-4-2-1-3-6(7)5-9;1-4-2-5(8)7-6(9)3-4/h1-5H;2-3H,1H3,(H2,7,8,9). The number of pyridine rings is 1. The van der Waals surface area contributed by atoms with Crippen LogP contribution in [0.1, 0.15) is 15.9 Å². The Labute approximate surface area is 109 Å². The zero-order valence-corrected chi connectivity index (χ0v) is 10.4. The van der Waals surface area contributed by atoms with Crippen molar-refractivity contribution in [3.8, 4) is 5.88 Å². The Balaban J connectivity index is 0.000000180. The number of aromatic nitrogens is 1. The summed E-state index contributed by atoms with van der Waals surface area (Å²) in [5.41, 5.74) is 1.03. The smallest absolute Gasteiger partial charge is 0.250 e. The van der Waals surface area contributed by atoms with E-state index in [2.05, 4.69) is 4.98 Å². The number of aromatic amines is 1. The molecule has 18 heavy (non-hydrogen) atoms. The molecule has 0 fully saturated rings. The van der Waals surface area contributed by atoms with Crippen molar-refractivity contribution in [1.82, 2.24) is 4.98 Å². The molecule has 2 aromatic rings. The summed E-state index contributed by atoms with van der Waals surface area (Å²) in [5, 5.41) is 9.25. The first-order valence-corrected chi connectivity index (χ1v) is 5.50. The molecule has 0 atom stereocenters. The maximum atomic E-state index is 10.5. The molecule has 2 N–H and O–H groups in total. The topological polar surface area (TPSA) is 70.2 Å².